The minimum absolute atomic E-state index is 0.00963. The average Bonchev–Trinajstić information content (AvgIpc) is 3.46. The van der Waals surface area contributed by atoms with Gasteiger partial charge in [-0.3, -0.25) is 9.59 Å². The number of rotatable bonds is 4. The van der Waals surface area contributed by atoms with E-state index < -0.39 is 5.54 Å². The SMILES string of the molecule is O=C1C[C@H](c2ccc3c(c2)OCO3)N1C1(C(=O)Nc2ccc3c(c2)OCO3)CCCCC1. The molecule has 2 aromatic carbocycles. The lowest BCUT2D eigenvalue weighted by Crippen LogP contribution is -2.65. The van der Waals surface area contributed by atoms with Crippen molar-refractivity contribution in [1.82, 2.24) is 4.90 Å². The predicted octanol–water partition coefficient (Wildman–Crippen LogP) is 3.76. The highest BCUT2D eigenvalue weighted by atomic mass is 16.7. The van der Waals surface area contributed by atoms with Gasteiger partial charge in [0.25, 0.3) is 0 Å². The van der Waals surface area contributed by atoms with Crippen LogP contribution >= 0.6 is 0 Å². The van der Waals surface area contributed by atoms with Crippen LogP contribution < -0.4 is 24.3 Å². The highest BCUT2D eigenvalue weighted by Crippen LogP contribution is 2.48. The molecule has 3 aliphatic heterocycles. The molecule has 0 aromatic heterocycles. The lowest BCUT2D eigenvalue weighted by atomic mass is 9.74. The Bertz CT molecular complexity index is 1090. The number of amides is 2. The molecule has 1 N–H and O–H groups in total. The minimum Gasteiger partial charge on any atom is -0.454 e. The summed E-state index contributed by atoms with van der Waals surface area (Å²) in [5.74, 6) is 2.53. The third-order valence-corrected chi connectivity index (χ3v) is 6.92. The molecule has 0 radical (unpaired) electrons. The Hall–Kier alpha value is -3.42. The van der Waals surface area contributed by atoms with Gasteiger partial charge in [-0.15, -0.1) is 0 Å². The quantitative estimate of drug-likeness (QED) is 0.735. The maximum Gasteiger partial charge on any atom is 0.250 e. The van der Waals surface area contributed by atoms with Crippen molar-refractivity contribution in [1.29, 1.82) is 0 Å². The first-order valence-electron chi connectivity index (χ1n) is 11.1. The highest BCUT2D eigenvalue weighted by molar-refractivity contribution is 6.02. The van der Waals surface area contributed by atoms with E-state index in [1.165, 1.54) is 0 Å². The first kappa shape index (κ1) is 19.3. The minimum atomic E-state index is -0.870. The van der Waals surface area contributed by atoms with Gasteiger partial charge < -0.3 is 29.2 Å². The van der Waals surface area contributed by atoms with Gasteiger partial charge in [-0.2, -0.15) is 0 Å². The molecule has 1 aliphatic carbocycles. The number of anilines is 1. The van der Waals surface area contributed by atoms with E-state index in [-0.39, 0.29) is 31.4 Å². The number of β-lactam (4-membered cyclic amide) rings is 1. The number of carbonyl (C=O) groups is 2. The Kier molecular flexibility index (Phi) is 4.41. The number of carbonyl (C=O) groups excluding carboxylic acids is 2. The van der Waals surface area contributed by atoms with Crippen molar-refractivity contribution < 1.29 is 28.5 Å². The molecular weight excluding hydrogens is 412 g/mol. The Morgan fingerprint density at radius 2 is 1.53 bits per heavy atom. The molecule has 6 rings (SSSR count). The Morgan fingerprint density at radius 3 is 2.25 bits per heavy atom. The van der Waals surface area contributed by atoms with Gasteiger partial charge in [-0.1, -0.05) is 25.3 Å². The summed E-state index contributed by atoms with van der Waals surface area (Å²) >= 11 is 0. The van der Waals surface area contributed by atoms with Crippen LogP contribution in [0.3, 0.4) is 0 Å². The van der Waals surface area contributed by atoms with E-state index in [2.05, 4.69) is 5.32 Å². The van der Waals surface area contributed by atoms with Crippen LogP contribution in [-0.2, 0) is 9.59 Å². The first-order valence-corrected chi connectivity index (χ1v) is 11.1. The fraction of sp³-hybridized carbons (Fsp3) is 0.417. The standard InChI is InChI=1S/C24H24N2O6/c27-22-12-17(15-4-6-18-20(10-15)31-13-29-18)26(22)24(8-2-1-3-9-24)23(28)25-16-5-7-19-21(11-16)32-14-30-19/h4-7,10-11,17H,1-3,8-9,12-14H2,(H,25,28)/t17-/m1/s1. The number of nitrogens with one attached hydrogen (secondary N) is 1. The highest BCUT2D eigenvalue weighted by Gasteiger charge is 2.55. The molecule has 0 unspecified atom stereocenters. The number of nitrogens with zero attached hydrogens (tertiary/aromatic N) is 1. The molecule has 4 aliphatic rings. The van der Waals surface area contributed by atoms with Crippen molar-refractivity contribution in [2.24, 2.45) is 0 Å². The molecule has 0 bridgehead atoms. The molecule has 166 valence electrons. The third-order valence-electron chi connectivity index (χ3n) is 6.92. The summed E-state index contributed by atoms with van der Waals surface area (Å²) in [6.45, 7) is 0.379. The monoisotopic (exact) mass is 436 g/mol. The van der Waals surface area contributed by atoms with Crippen LogP contribution in [0.25, 0.3) is 0 Å². The van der Waals surface area contributed by atoms with E-state index in [1.54, 1.807) is 18.2 Å². The van der Waals surface area contributed by atoms with Crippen LogP contribution in [0.5, 0.6) is 23.0 Å². The van der Waals surface area contributed by atoms with Crippen LogP contribution in [0.2, 0.25) is 0 Å². The molecule has 1 saturated carbocycles. The second-order valence-electron chi connectivity index (χ2n) is 8.71. The molecular formula is C24H24N2O6. The van der Waals surface area contributed by atoms with Gasteiger partial charge in [0, 0.05) is 11.8 Å². The van der Waals surface area contributed by atoms with Gasteiger partial charge in [0.15, 0.2) is 23.0 Å². The van der Waals surface area contributed by atoms with Crippen LogP contribution in [0, 0.1) is 0 Å². The van der Waals surface area contributed by atoms with Gasteiger partial charge in [0.05, 0.1) is 12.5 Å². The van der Waals surface area contributed by atoms with Gasteiger partial charge in [0.2, 0.25) is 25.4 Å². The summed E-state index contributed by atoms with van der Waals surface area (Å²) in [6, 6.07) is 11.0. The zero-order chi connectivity index (χ0) is 21.7. The van der Waals surface area contributed by atoms with Crippen LogP contribution in [-0.4, -0.2) is 35.8 Å². The number of fused-ring (bicyclic) bond motifs is 2. The van der Waals surface area contributed by atoms with Crippen LogP contribution in [0.1, 0.15) is 50.1 Å². The van der Waals surface area contributed by atoms with E-state index in [0.717, 1.165) is 24.8 Å². The van der Waals surface area contributed by atoms with Crippen molar-refractivity contribution in [2.45, 2.75) is 50.1 Å². The molecule has 8 nitrogen and oxygen atoms in total. The summed E-state index contributed by atoms with van der Waals surface area (Å²) in [5, 5.41) is 3.05. The Labute approximate surface area is 185 Å². The third kappa shape index (κ3) is 2.97. The lowest BCUT2D eigenvalue weighted by molar-refractivity contribution is -0.166. The Morgan fingerprint density at radius 1 is 0.875 bits per heavy atom. The zero-order valence-corrected chi connectivity index (χ0v) is 17.6. The van der Waals surface area contributed by atoms with Gasteiger partial charge in [0.1, 0.15) is 5.54 Å². The summed E-state index contributed by atoms with van der Waals surface area (Å²) in [5.41, 5.74) is 0.733. The van der Waals surface area contributed by atoms with Crippen molar-refractivity contribution in [3.05, 3.63) is 42.0 Å². The molecule has 32 heavy (non-hydrogen) atoms. The molecule has 1 atom stereocenters. The van der Waals surface area contributed by atoms with Crippen molar-refractivity contribution in [2.75, 3.05) is 18.9 Å². The lowest BCUT2D eigenvalue weighted by Gasteiger charge is -2.54. The molecule has 0 spiro atoms. The molecule has 2 aromatic rings. The maximum absolute atomic E-state index is 13.7. The topological polar surface area (TPSA) is 86.3 Å². The summed E-state index contributed by atoms with van der Waals surface area (Å²) in [4.78, 5) is 28.4. The predicted molar refractivity (Wildman–Crippen MR) is 114 cm³/mol. The number of benzene rings is 2. The molecule has 2 amide bonds. The summed E-state index contributed by atoms with van der Waals surface area (Å²) in [6.07, 6.45) is 4.57. The number of hydrogen-bond acceptors (Lipinski definition) is 6. The normalized spacial score (nSPS) is 22.4. The second kappa shape index (κ2) is 7.32. The summed E-state index contributed by atoms with van der Waals surface area (Å²) in [7, 11) is 0. The zero-order valence-electron chi connectivity index (χ0n) is 17.6. The van der Waals surface area contributed by atoms with Gasteiger partial charge in [-0.05, 0) is 42.7 Å². The average molecular weight is 436 g/mol. The molecule has 8 heteroatoms. The molecule has 2 fully saturated rings. The van der Waals surface area contributed by atoms with E-state index in [0.29, 0.717) is 47.9 Å². The summed E-state index contributed by atoms with van der Waals surface area (Å²) < 4.78 is 21.7. The van der Waals surface area contributed by atoms with Gasteiger partial charge >= 0.3 is 0 Å². The smallest absolute Gasteiger partial charge is 0.250 e. The van der Waals surface area contributed by atoms with Crippen molar-refractivity contribution >= 4 is 17.5 Å². The maximum atomic E-state index is 13.7. The van der Waals surface area contributed by atoms with E-state index >= 15 is 0 Å². The van der Waals surface area contributed by atoms with Gasteiger partial charge in [-0.25, -0.2) is 0 Å². The number of likely N-dealkylation sites (tertiary alicyclic amines) is 1. The fourth-order valence-electron chi connectivity index (χ4n) is 5.28. The molecule has 1 saturated heterocycles. The second-order valence-corrected chi connectivity index (χ2v) is 8.71. The Balaban J connectivity index is 1.30. The molecule has 3 heterocycles. The number of ether oxygens (including phenoxy) is 4. The first-order chi connectivity index (χ1) is 15.6. The van der Waals surface area contributed by atoms with E-state index in [1.807, 2.05) is 23.1 Å². The largest absolute Gasteiger partial charge is 0.454 e. The van der Waals surface area contributed by atoms with Crippen molar-refractivity contribution in [3.8, 4) is 23.0 Å². The van der Waals surface area contributed by atoms with Crippen molar-refractivity contribution in [3.63, 3.8) is 0 Å². The fourth-order valence-corrected chi connectivity index (χ4v) is 5.28. The van der Waals surface area contributed by atoms with Crippen LogP contribution in [0.4, 0.5) is 5.69 Å². The van der Waals surface area contributed by atoms with E-state index in [9.17, 15) is 9.59 Å². The van der Waals surface area contributed by atoms with E-state index in [4.69, 9.17) is 18.9 Å². The van der Waals surface area contributed by atoms with Crippen LogP contribution in [0.15, 0.2) is 36.4 Å². The number of hydrogen-bond donors (Lipinski definition) is 1.